The molecule has 11 heavy (non-hydrogen) atoms. The molecule has 0 atom stereocenters. The topological polar surface area (TPSA) is 46.3 Å². The number of hydrogen-bond acceptors (Lipinski definition) is 3. The average Bonchev–Trinajstić information content (AvgIpc) is 2.00. The van der Waals surface area contributed by atoms with E-state index in [-0.39, 0.29) is 5.91 Å². The van der Waals surface area contributed by atoms with Gasteiger partial charge in [-0.15, -0.1) is 0 Å². The van der Waals surface area contributed by atoms with Crippen LogP contribution in [0, 0.1) is 0 Å². The number of hydrogen-bond donors (Lipinski definition) is 2. The molecule has 1 amide bonds. The van der Waals surface area contributed by atoms with Crippen molar-refractivity contribution in [3.8, 4) is 0 Å². The minimum atomic E-state index is 0.147. The molecule has 0 bridgehead atoms. The Hall–Kier alpha value is -0.220. The summed E-state index contributed by atoms with van der Waals surface area (Å²) in [4.78, 5) is 12.8. The standard InChI is InChI=1S/C7H16N2OS/c1-9(5-2-4-8)7(10)3-6-11/h11H,2-6,8H2,1H3. The summed E-state index contributed by atoms with van der Waals surface area (Å²) >= 11 is 3.97. The van der Waals surface area contributed by atoms with Crippen LogP contribution in [0.25, 0.3) is 0 Å². The molecule has 0 aliphatic rings. The Morgan fingerprint density at radius 2 is 2.27 bits per heavy atom. The van der Waals surface area contributed by atoms with Gasteiger partial charge < -0.3 is 10.6 Å². The van der Waals surface area contributed by atoms with E-state index in [2.05, 4.69) is 12.6 Å². The third-order valence-electron chi connectivity index (χ3n) is 1.45. The molecule has 0 saturated heterocycles. The second kappa shape index (κ2) is 6.49. The molecule has 0 radical (unpaired) electrons. The highest BCUT2D eigenvalue weighted by atomic mass is 32.1. The Morgan fingerprint density at radius 3 is 2.73 bits per heavy atom. The lowest BCUT2D eigenvalue weighted by Gasteiger charge is -2.15. The first kappa shape index (κ1) is 10.8. The van der Waals surface area contributed by atoms with E-state index < -0.39 is 0 Å². The lowest BCUT2D eigenvalue weighted by atomic mass is 10.3. The quantitative estimate of drug-likeness (QED) is 0.584. The molecule has 0 rings (SSSR count). The van der Waals surface area contributed by atoms with Crippen LogP contribution in [-0.4, -0.2) is 36.7 Å². The minimum Gasteiger partial charge on any atom is -0.346 e. The SMILES string of the molecule is CN(CCCN)C(=O)CCS. The molecule has 0 aromatic rings. The van der Waals surface area contributed by atoms with E-state index >= 15 is 0 Å². The zero-order valence-electron chi connectivity index (χ0n) is 6.92. The number of carbonyl (C=O) groups excluding carboxylic acids is 1. The fraction of sp³-hybridized carbons (Fsp3) is 0.857. The average molecular weight is 176 g/mol. The van der Waals surface area contributed by atoms with Crippen molar-refractivity contribution in [1.29, 1.82) is 0 Å². The molecule has 0 heterocycles. The first-order chi connectivity index (χ1) is 5.22. The van der Waals surface area contributed by atoms with Crippen LogP contribution in [0.2, 0.25) is 0 Å². The van der Waals surface area contributed by atoms with Gasteiger partial charge in [0.15, 0.2) is 0 Å². The molecule has 0 fully saturated rings. The van der Waals surface area contributed by atoms with Crippen LogP contribution in [0.5, 0.6) is 0 Å². The second-order valence-corrected chi connectivity index (χ2v) is 2.88. The summed E-state index contributed by atoms with van der Waals surface area (Å²) in [5.74, 6) is 0.764. The van der Waals surface area contributed by atoms with Crippen LogP contribution >= 0.6 is 12.6 Å². The molecular weight excluding hydrogens is 160 g/mol. The highest BCUT2D eigenvalue weighted by molar-refractivity contribution is 7.80. The molecule has 66 valence electrons. The Balaban J connectivity index is 3.46. The Morgan fingerprint density at radius 1 is 1.64 bits per heavy atom. The van der Waals surface area contributed by atoms with Crippen molar-refractivity contribution in [3.05, 3.63) is 0 Å². The Bertz CT molecular complexity index is 119. The van der Waals surface area contributed by atoms with Gasteiger partial charge in [-0.25, -0.2) is 0 Å². The molecule has 0 saturated carbocycles. The van der Waals surface area contributed by atoms with Gasteiger partial charge in [-0.05, 0) is 18.7 Å². The van der Waals surface area contributed by atoms with Crippen LogP contribution in [0.15, 0.2) is 0 Å². The van der Waals surface area contributed by atoms with Crippen molar-refractivity contribution in [3.63, 3.8) is 0 Å². The van der Waals surface area contributed by atoms with Gasteiger partial charge in [-0.1, -0.05) is 0 Å². The molecule has 4 heteroatoms. The summed E-state index contributed by atoms with van der Waals surface area (Å²) < 4.78 is 0. The smallest absolute Gasteiger partial charge is 0.223 e. The number of thiol groups is 1. The summed E-state index contributed by atoms with van der Waals surface area (Å²) in [7, 11) is 1.79. The van der Waals surface area contributed by atoms with E-state index in [1.165, 1.54) is 0 Å². The maximum absolute atomic E-state index is 11.1. The van der Waals surface area contributed by atoms with Crippen molar-refractivity contribution in [1.82, 2.24) is 4.90 Å². The number of amides is 1. The second-order valence-electron chi connectivity index (χ2n) is 2.43. The van der Waals surface area contributed by atoms with Crippen molar-refractivity contribution in [2.45, 2.75) is 12.8 Å². The van der Waals surface area contributed by atoms with Crippen LogP contribution < -0.4 is 5.73 Å². The van der Waals surface area contributed by atoms with Crippen molar-refractivity contribution in [2.24, 2.45) is 5.73 Å². The lowest BCUT2D eigenvalue weighted by molar-refractivity contribution is -0.129. The van der Waals surface area contributed by atoms with Gasteiger partial charge in [0, 0.05) is 20.0 Å². The molecular formula is C7H16N2OS. The molecule has 0 aromatic heterocycles. The highest BCUT2D eigenvalue weighted by Gasteiger charge is 2.05. The van der Waals surface area contributed by atoms with Gasteiger partial charge in [0.05, 0.1) is 0 Å². The maximum atomic E-state index is 11.1. The van der Waals surface area contributed by atoms with Gasteiger partial charge >= 0.3 is 0 Å². The van der Waals surface area contributed by atoms with Gasteiger partial charge in [0.1, 0.15) is 0 Å². The van der Waals surface area contributed by atoms with Crippen molar-refractivity contribution >= 4 is 18.5 Å². The number of carbonyl (C=O) groups is 1. The molecule has 0 aromatic carbocycles. The third-order valence-corrected chi connectivity index (χ3v) is 1.67. The third kappa shape index (κ3) is 5.09. The maximum Gasteiger partial charge on any atom is 0.223 e. The number of nitrogens with zero attached hydrogens (tertiary/aromatic N) is 1. The predicted octanol–water partition coefficient (Wildman–Crippen LogP) is 0.114. The number of rotatable bonds is 5. The zero-order chi connectivity index (χ0) is 8.69. The Kier molecular flexibility index (Phi) is 6.36. The summed E-state index contributed by atoms with van der Waals surface area (Å²) in [5.41, 5.74) is 5.30. The van der Waals surface area contributed by atoms with Gasteiger partial charge in [-0.3, -0.25) is 4.79 Å². The molecule has 3 nitrogen and oxygen atoms in total. The van der Waals surface area contributed by atoms with E-state index in [9.17, 15) is 4.79 Å². The van der Waals surface area contributed by atoms with E-state index in [1.807, 2.05) is 0 Å². The van der Waals surface area contributed by atoms with Gasteiger partial charge in [-0.2, -0.15) is 12.6 Å². The van der Waals surface area contributed by atoms with E-state index in [4.69, 9.17) is 5.73 Å². The van der Waals surface area contributed by atoms with E-state index in [1.54, 1.807) is 11.9 Å². The zero-order valence-corrected chi connectivity index (χ0v) is 7.81. The molecule has 2 N–H and O–H groups in total. The summed E-state index contributed by atoms with van der Waals surface area (Å²) in [6, 6.07) is 0. The summed E-state index contributed by atoms with van der Waals surface area (Å²) in [6.07, 6.45) is 1.39. The molecule has 0 spiro atoms. The van der Waals surface area contributed by atoms with Gasteiger partial charge in [0.25, 0.3) is 0 Å². The largest absolute Gasteiger partial charge is 0.346 e. The molecule has 0 aliphatic heterocycles. The predicted molar refractivity (Wildman–Crippen MR) is 49.8 cm³/mol. The van der Waals surface area contributed by atoms with Crippen LogP contribution in [0.4, 0.5) is 0 Å². The van der Waals surface area contributed by atoms with E-state index in [0.29, 0.717) is 18.7 Å². The normalized spacial score (nSPS) is 9.73. The summed E-state index contributed by atoms with van der Waals surface area (Å²) in [5, 5.41) is 0. The van der Waals surface area contributed by atoms with Crippen LogP contribution in [-0.2, 0) is 4.79 Å². The molecule has 0 aliphatic carbocycles. The lowest BCUT2D eigenvalue weighted by Crippen LogP contribution is -2.28. The first-order valence-corrected chi connectivity index (χ1v) is 4.40. The van der Waals surface area contributed by atoms with E-state index in [0.717, 1.165) is 13.0 Å². The van der Waals surface area contributed by atoms with Gasteiger partial charge in [0.2, 0.25) is 5.91 Å². The summed E-state index contributed by atoms with van der Waals surface area (Å²) in [6.45, 7) is 1.39. The number of nitrogens with two attached hydrogens (primary N) is 1. The van der Waals surface area contributed by atoms with Crippen LogP contribution in [0.1, 0.15) is 12.8 Å². The van der Waals surface area contributed by atoms with Crippen molar-refractivity contribution < 1.29 is 4.79 Å². The highest BCUT2D eigenvalue weighted by Crippen LogP contribution is 1.93. The Labute approximate surface area is 73.3 Å². The minimum absolute atomic E-state index is 0.147. The van der Waals surface area contributed by atoms with Crippen molar-refractivity contribution in [2.75, 3.05) is 25.9 Å². The monoisotopic (exact) mass is 176 g/mol. The molecule has 0 unspecified atom stereocenters. The fourth-order valence-corrected chi connectivity index (χ4v) is 0.931. The van der Waals surface area contributed by atoms with Crippen LogP contribution in [0.3, 0.4) is 0 Å². The fourth-order valence-electron chi connectivity index (χ4n) is 0.740. The first-order valence-electron chi connectivity index (χ1n) is 3.77.